The molecule has 0 bridgehead atoms. The van der Waals surface area contributed by atoms with Gasteiger partial charge in [0.15, 0.2) is 0 Å². The van der Waals surface area contributed by atoms with E-state index in [1.807, 2.05) is 18.4 Å². The second kappa shape index (κ2) is 5.49. The normalized spacial score (nSPS) is 10.2. The molecular formula is C12H11BrN2O2S. The highest BCUT2D eigenvalue weighted by Crippen LogP contribution is 2.24. The van der Waals surface area contributed by atoms with Crippen molar-refractivity contribution in [1.82, 2.24) is 4.98 Å². The van der Waals surface area contributed by atoms with Crippen LogP contribution in [0.5, 0.6) is 5.88 Å². The number of nitrogens with zero attached hydrogens (tertiary/aromatic N) is 1. The maximum Gasteiger partial charge on any atom is 0.266 e. The minimum absolute atomic E-state index is 0.146. The van der Waals surface area contributed by atoms with Crippen LogP contribution in [-0.4, -0.2) is 18.0 Å². The molecule has 0 saturated carbocycles. The van der Waals surface area contributed by atoms with E-state index in [0.29, 0.717) is 16.4 Å². The number of aromatic nitrogens is 1. The molecule has 2 aromatic rings. The Morgan fingerprint density at radius 3 is 2.78 bits per heavy atom. The van der Waals surface area contributed by atoms with E-state index in [0.717, 1.165) is 10.2 Å². The first kappa shape index (κ1) is 13.0. The second-order valence-corrected chi connectivity index (χ2v) is 5.31. The van der Waals surface area contributed by atoms with Gasteiger partial charge in [-0.25, -0.2) is 4.98 Å². The third kappa shape index (κ3) is 2.70. The molecule has 94 valence electrons. The van der Waals surface area contributed by atoms with E-state index in [9.17, 15) is 4.79 Å². The largest absolute Gasteiger partial charge is 0.481 e. The summed E-state index contributed by atoms with van der Waals surface area (Å²) in [7, 11) is 1.56. The van der Waals surface area contributed by atoms with E-state index >= 15 is 0 Å². The van der Waals surface area contributed by atoms with Gasteiger partial charge in [-0.3, -0.25) is 4.79 Å². The molecule has 6 heteroatoms. The minimum atomic E-state index is -0.146. The number of thiophene rings is 1. The van der Waals surface area contributed by atoms with Crippen molar-refractivity contribution in [3.63, 3.8) is 0 Å². The number of anilines is 1. The molecule has 0 saturated heterocycles. The summed E-state index contributed by atoms with van der Waals surface area (Å²) in [6, 6.07) is 5.34. The zero-order valence-electron chi connectivity index (χ0n) is 9.86. The SMILES string of the molecule is COc1ccc(NC(=O)c2sccc2Br)c(C)n1. The monoisotopic (exact) mass is 326 g/mol. The average Bonchev–Trinajstić information content (AvgIpc) is 2.78. The van der Waals surface area contributed by atoms with Crippen LogP contribution < -0.4 is 10.1 Å². The van der Waals surface area contributed by atoms with Gasteiger partial charge in [0.25, 0.3) is 5.91 Å². The predicted octanol–water partition coefficient (Wildman–Crippen LogP) is 3.47. The van der Waals surface area contributed by atoms with E-state index < -0.39 is 0 Å². The molecule has 0 fully saturated rings. The zero-order valence-corrected chi connectivity index (χ0v) is 12.3. The van der Waals surface area contributed by atoms with E-state index in [2.05, 4.69) is 26.2 Å². The van der Waals surface area contributed by atoms with Crippen molar-refractivity contribution in [2.24, 2.45) is 0 Å². The first-order valence-corrected chi connectivity index (χ1v) is 6.85. The van der Waals surface area contributed by atoms with E-state index in [-0.39, 0.29) is 5.91 Å². The molecule has 0 atom stereocenters. The number of hydrogen-bond donors (Lipinski definition) is 1. The fourth-order valence-corrected chi connectivity index (χ4v) is 2.87. The summed E-state index contributed by atoms with van der Waals surface area (Å²) in [4.78, 5) is 16.9. The van der Waals surface area contributed by atoms with Crippen LogP contribution in [-0.2, 0) is 0 Å². The Labute approximate surface area is 117 Å². The molecule has 1 amide bonds. The lowest BCUT2D eigenvalue weighted by Crippen LogP contribution is -2.12. The number of amides is 1. The molecule has 0 radical (unpaired) electrons. The summed E-state index contributed by atoms with van der Waals surface area (Å²) < 4.78 is 5.81. The number of hydrogen-bond acceptors (Lipinski definition) is 4. The van der Waals surface area contributed by atoms with Crippen molar-refractivity contribution in [1.29, 1.82) is 0 Å². The smallest absolute Gasteiger partial charge is 0.266 e. The van der Waals surface area contributed by atoms with Crippen LogP contribution in [0.2, 0.25) is 0 Å². The van der Waals surface area contributed by atoms with Crippen molar-refractivity contribution in [2.45, 2.75) is 6.92 Å². The molecular weight excluding hydrogens is 316 g/mol. The van der Waals surface area contributed by atoms with Crippen LogP contribution in [0.1, 0.15) is 15.4 Å². The third-order valence-electron chi connectivity index (χ3n) is 2.34. The number of carbonyl (C=O) groups is 1. The van der Waals surface area contributed by atoms with Gasteiger partial charge in [-0.2, -0.15) is 0 Å². The molecule has 2 rings (SSSR count). The van der Waals surface area contributed by atoms with Gasteiger partial charge in [-0.1, -0.05) is 0 Å². The Kier molecular flexibility index (Phi) is 3.98. The van der Waals surface area contributed by atoms with Crippen LogP contribution in [0, 0.1) is 6.92 Å². The number of halogens is 1. The van der Waals surface area contributed by atoms with Gasteiger partial charge in [-0.05, 0) is 40.4 Å². The summed E-state index contributed by atoms with van der Waals surface area (Å²) >= 11 is 4.72. The molecule has 0 aliphatic carbocycles. The molecule has 1 N–H and O–H groups in total. The van der Waals surface area contributed by atoms with Crippen LogP contribution in [0.15, 0.2) is 28.1 Å². The highest BCUT2D eigenvalue weighted by Gasteiger charge is 2.13. The van der Waals surface area contributed by atoms with Gasteiger partial charge < -0.3 is 10.1 Å². The number of rotatable bonds is 3. The lowest BCUT2D eigenvalue weighted by Gasteiger charge is -2.08. The standard InChI is InChI=1S/C12H11BrN2O2S/c1-7-9(3-4-10(14-7)17-2)15-12(16)11-8(13)5-6-18-11/h3-6H,1-2H3,(H,15,16). The van der Waals surface area contributed by atoms with Crippen LogP contribution in [0.4, 0.5) is 5.69 Å². The van der Waals surface area contributed by atoms with Gasteiger partial charge in [0.1, 0.15) is 4.88 Å². The fourth-order valence-electron chi connectivity index (χ4n) is 1.42. The molecule has 2 heterocycles. The van der Waals surface area contributed by atoms with Gasteiger partial charge >= 0.3 is 0 Å². The maximum absolute atomic E-state index is 12.0. The molecule has 0 unspecified atom stereocenters. The summed E-state index contributed by atoms with van der Waals surface area (Å²) in [6.45, 7) is 1.82. The summed E-state index contributed by atoms with van der Waals surface area (Å²) in [5.41, 5.74) is 1.40. The Hall–Kier alpha value is -1.40. The first-order valence-electron chi connectivity index (χ1n) is 5.18. The van der Waals surface area contributed by atoms with Crippen molar-refractivity contribution >= 4 is 38.9 Å². The van der Waals surface area contributed by atoms with Crippen LogP contribution >= 0.6 is 27.3 Å². The lowest BCUT2D eigenvalue weighted by atomic mass is 10.3. The maximum atomic E-state index is 12.0. The van der Waals surface area contributed by atoms with Crippen molar-refractivity contribution < 1.29 is 9.53 Å². The molecule has 0 aliphatic heterocycles. The number of nitrogens with one attached hydrogen (secondary N) is 1. The topological polar surface area (TPSA) is 51.2 Å². The Morgan fingerprint density at radius 1 is 1.44 bits per heavy atom. The van der Waals surface area contributed by atoms with Crippen molar-refractivity contribution in [3.8, 4) is 5.88 Å². The average molecular weight is 327 g/mol. The Balaban J connectivity index is 2.20. The number of ether oxygens (including phenoxy) is 1. The fraction of sp³-hybridized carbons (Fsp3) is 0.167. The zero-order chi connectivity index (χ0) is 13.1. The number of aryl methyl sites for hydroxylation is 1. The van der Waals surface area contributed by atoms with Gasteiger partial charge in [0.05, 0.1) is 18.5 Å². The summed E-state index contributed by atoms with van der Waals surface area (Å²) in [5.74, 6) is 0.384. The predicted molar refractivity (Wildman–Crippen MR) is 75.5 cm³/mol. The van der Waals surface area contributed by atoms with E-state index in [4.69, 9.17) is 4.74 Å². The molecule has 4 nitrogen and oxygen atoms in total. The van der Waals surface area contributed by atoms with E-state index in [1.54, 1.807) is 19.2 Å². The number of pyridine rings is 1. The highest BCUT2D eigenvalue weighted by molar-refractivity contribution is 9.10. The summed E-state index contributed by atoms with van der Waals surface area (Å²) in [5, 5.41) is 4.69. The number of methoxy groups -OCH3 is 1. The van der Waals surface area contributed by atoms with Crippen LogP contribution in [0.3, 0.4) is 0 Å². The molecule has 0 aromatic carbocycles. The number of carbonyl (C=O) groups excluding carboxylic acids is 1. The van der Waals surface area contributed by atoms with Gasteiger partial charge in [0, 0.05) is 10.5 Å². The third-order valence-corrected chi connectivity index (χ3v) is 4.18. The summed E-state index contributed by atoms with van der Waals surface area (Å²) in [6.07, 6.45) is 0. The van der Waals surface area contributed by atoms with Crippen molar-refractivity contribution in [2.75, 3.05) is 12.4 Å². The Bertz CT molecular complexity index is 583. The minimum Gasteiger partial charge on any atom is -0.481 e. The first-order chi connectivity index (χ1) is 8.61. The van der Waals surface area contributed by atoms with Gasteiger partial charge in [-0.15, -0.1) is 11.3 Å². The molecule has 2 aromatic heterocycles. The molecule has 18 heavy (non-hydrogen) atoms. The van der Waals surface area contributed by atoms with Gasteiger partial charge in [0.2, 0.25) is 5.88 Å². The quantitative estimate of drug-likeness (QED) is 0.939. The van der Waals surface area contributed by atoms with Crippen LogP contribution in [0.25, 0.3) is 0 Å². The highest BCUT2D eigenvalue weighted by atomic mass is 79.9. The molecule has 0 aliphatic rings. The second-order valence-electron chi connectivity index (χ2n) is 3.54. The van der Waals surface area contributed by atoms with Crippen molar-refractivity contribution in [3.05, 3.63) is 38.6 Å². The van der Waals surface area contributed by atoms with E-state index in [1.165, 1.54) is 11.3 Å². The molecule has 0 spiro atoms. The Morgan fingerprint density at radius 2 is 2.22 bits per heavy atom. The lowest BCUT2D eigenvalue weighted by molar-refractivity contribution is 0.102.